The van der Waals surface area contributed by atoms with Gasteiger partial charge in [-0.05, 0) is 23.8 Å². The SMILES string of the molecule is C=C(C)C1COc2ccc3ccccc3c21. The first-order valence-electron chi connectivity index (χ1n) is 5.57. The predicted molar refractivity (Wildman–Crippen MR) is 67.0 cm³/mol. The van der Waals surface area contributed by atoms with Crippen molar-refractivity contribution in [1.29, 1.82) is 0 Å². The van der Waals surface area contributed by atoms with Gasteiger partial charge in [-0.3, -0.25) is 0 Å². The summed E-state index contributed by atoms with van der Waals surface area (Å²) in [5, 5.41) is 2.57. The van der Waals surface area contributed by atoms with Gasteiger partial charge >= 0.3 is 0 Å². The molecule has 0 spiro atoms. The van der Waals surface area contributed by atoms with Gasteiger partial charge in [0.2, 0.25) is 0 Å². The number of benzene rings is 2. The fraction of sp³-hybridized carbons (Fsp3) is 0.200. The van der Waals surface area contributed by atoms with E-state index in [1.165, 1.54) is 21.9 Å². The van der Waals surface area contributed by atoms with Crippen LogP contribution in [0.2, 0.25) is 0 Å². The van der Waals surface area contributed by atoms with Crippen molar-refractivity contribution < 1.29 is 4.74 Å². The van der Waals surface area contributed by atoms with Crippen LogP contribution in [0.3, 0.4) is 0 Å². The second-order valence-corrected chi connectivity index (χ2v) is 4.41. The first kappa shape index (κ1) is 9.46. The van der Waals surface area contributed by atoms with E-state index in [0.29, 0.717) is 5.92 Å². The predicted octanol–water partition coefficient (Wildman–Crippen LogP) is 3.89. The average molecular weight is 210 g/mol. The van der Waals surface area contributed by atoms with Crippen LogP contribution in [-0.2, 0) is 0 Å². The van der Waals surface area contributed by atoms with Crippen LogP contribution >= 0.6 is 0 Å². The van der Waals surface area contributed by atoms with Crippen LogP contribution in [-0.4, -0.2) is 6.61 Å². The Balaban J connectivity index is 2.33. The molecule has 2 aromatic carbocycles. The van der Waals surface area contributed by atoms with E-state index in [-0.39, 0.29) is 0 Å². The Morgan fingerprint density at radius 3 is 2.88 bits per heavy atom. The largest absolute Gasteiger partial charge is 0.492 e. The van der Waals surface area contributed by atoms with E-state index in [9.17, 15) is 0 Å². The minimum atomic E-state index is 0.348. The van der Waals surface area contributed by atoms with E-state index in [4.69, 9.17) is 4.74 Å². The third kappa shape index (κ3) is 1.25. The van der Waals surface area contributed by atoms with Crippen molar-refractivity contribution >= 4 is 10.8 Å². The molecule has 0 saturated carbocycles. The smallest absolute Gasteiger partial charge is 0.123 e. The van der Waals surface area contributed by atoms with Gasteiger partial charge in [-0.15, -0.1) is 0 Å². The van der Waals surface area contributed by atoms with Crippen molar-refractivity contribution in [1.82, 2.24) is 0 Å². The molecule has 0 aliphatic carbocycles. The molecule has 1 nitrogen and oxygen atoms in total. The molecule has 1 heteroatoms. The molecule has 0 radical (unpaired) electrons. The molecular weight excluding hydrogens is 196 g/mol. The lowest BCUT2D eigenvalue weighted by molar-refractivity contribution is 0.342. The van der Waals surface area contributed by atoms with Gasteiger partial charge in [0.25, 0.3) is 0 Å². The molecule has 1 heterocycles. The first-order chi connectivity index (χ1) is 7.77. The monoisotopic (exact) mass is 210 g/mol. The van der Waals surface area contributed by atoms with E-state index >= 15 is 0 Å². The minimum Gasteiger partial charge on any atom is -0.492 e. The molecule has 16 heavy (non-hydrogen) atoms. The zero-order valence-corrected chi connectivity index (χ0v) is 9.36. The summed E-state index contributed by atoms with van der Waals surface area (Å²) in [6, 6.07) is 12.6. The Morgan fingerprint density at radius 1 is 1.25 bits per heavy atom. The third-order valence-corrected chi connectivity index (χ3v) is 3.28. The van der Waals surface area contributed by atoms with Gasteiger partial charge in [0.15, 0.2) is 0 Å². The van der Waals surface area contributed by atoms with Crippen molar-refractivity contribution in [3.63, 3.8) is 0 Å². The highest BCUT2D eigenvalue weighted by atomic mass is 16.5. The van der Waals surface area contributed by atoms with Crippen LogP contribution in [0.5, 0.6) is 5.75 Å². The van der Waals surface area contributed by atoms with Crippen molar-refractivity contribution in [2.75, 3.05) is 6.61 Å². The zero-order valence-electron chi connectivity index (χ0n) is 9.36. The second kappa shape index (κ2) is 3.38. The number of ether oxygens (including phenoxy) is 1. The molecular formula is C15H14O. The topological polar surface area (TPSA) is 9.23 Å². The lowest BCUT2D eigenvalue weighted by atomic mass is 9.91. The Labute approximate surface area is 95.4 Å². The second-order valence-electron chi connectivity index (χ2n) is 4.41. The van der Waals surface area contributed by atoms with Gasteiger partial charge < -0.3 is 4.74 Å². The Bertz CT molecular complexity index is 569. The van der Waals surface area contributed by atoms with E-state index in [1.54, 1.807) is 0 Å². The molecule has 1 aliphatic heterocycles. The number of hydrogen-bond acceptors (Lipinski definition) is 1. The van der Waals surface area contributed by atoms with Gasteiger partial charge in [0, 0.05) is 11.5 Å². The molecule has 1 aliphatic rings. The van der Waals surface area contributed by atoms with E-state index in [0.717, 1.165) is 12.4 Å². The molecule has 0 fully saturated rings. The van der Waals surface area contributed by atoms with Crippen LogP contribution in [0.25, 0.3) is 10.8 Å². The highest BCUT2D eigenvalue weighted by Crippen LogP contribution is 2.41. The van der Waals surface area contributed by atoms with Gasteiger partial charge in [0.1, 0.15) is 5.75 Å². The minimum absolute atomic E-state index is 0.348. The quantitative estimate of drug-likeness (QED) is 0.649. The van der Waals surface area contributed by atoms with Crippen molar-refractivity contribution in [2.24, 2.45) is 0 Å². The molecule has 0 saturated heterocycles. The molecule has 0 N–H and O–H groups in total. The van der Waals surface area contributed by atoms with Crippen molar-refractivity contribution in [2.45, 2.75) is 12.8 Å². The van der Waals surface area contributed by atoms with E-state index < -0.39 is 0 Å². The molecule has 1 atom stereocenters. The highest BCUT2D eigenvalue weighted by molar-refractivity contribution is 5.89. The van der Waals surface area contributed by atoms with Gasteiger partial charge in [0.05, 0.1) is 6.61 Å². The molecule has 80 valence electrons. The molecule has 2 aromatic rings. The summed E-state index contributed by atoms with van der Waals surface area (Å²) in [5.41, 5.74) is 2.49. The Kier molecular flexibility index (Phi) is 2.00. The first-order valence-corrected chi connectivity index (χ1v) is 5.57. The summed E-state index contributed by atoms with van der Waals surface area (Å²) in [6.45, 7) is 6.87. The zero-order chi connectivity index (χ0) is 11.1. The standard InChI is InChI=1S/C15H14O/c1-10(2)13-9-16-14-8-7-11-5-3-4-6-12(11)15(13)14/h3-8,13H,1,9H2,2H3. The lowest BCUT2D eigenvalue weighted by Crippen LogP contribution is -2.01. The Hall–Kier alpha value is -1.76. The number of hydrogen-bond donors (Lipinski definition) is 0. The van der Waals surface area contributed by atoms with Crippen LogP contribution < -0.4 is 4.74 Å². The fourth-order valence-corrected chi connectivity index (χ4v) is 2.41. The van der Waals surface area contributed by atoms with Crippen LogP contribution in [0, 0.1) is 0 Å². The molecule has 0 aromatic heterocycles. The Morgan fingerprint density at radius 2 is 2.06 bits per heavy atom. The van der Waals surface area contributed by atoms with Gasteiger partial charge in [-0.25, -0.2) is 0 Å². The van der Waals surface area contributed by atoms with Gasteiger partial charge in [-0.2, -0.15) is 0 Å². The van der Waals surface area contributed by atoms with Crippen molar-refractivity contribution in [3.05, 3.63) is 54.1 Å². The van der Waals surface area contributed by atoms with E-state index in [2.05, 4.69) is 49.9 Å². The molecule has 0 amide bonds. The number of fused-ring (bicyclic) bond motifs is 3. The summed E-state index contributed by atoms with van der Waals surface area (Å²) in [7, 11) is 0. The third-order valence-electron chi connectivity index (χ3n) is 3.28. The molecule has 3 rings (SSSR count). The fourth-order valence-electron chi connectivity index (χ4n) is 2.41. The summed E-state index contributed by atoms with van der Waals surface area (Å²) in [6.07, 6.45) is 0. The lowest BCUT2D eigenvalue weighted by Gasteiger charge is -2.10. The molecule has 0 bridgehead atoms. The van der Waals surface area contributed by atoms with E-state index in [1.807, 2.05) is 0 Å². The molecule has 1 unspecified atom stereocenters. The normalized spacial score (nSPS) is 18.2. The van der Waals surface area contributed by atoms with Crippen LogP contribution in [0.4, 0.5) is 0 Å². The summed E-state index contributed by atoms with van der Waals surface area (Å²) in [5.74, 6) is 1.37. The van der Waals surface area contributed by atoms with Gasteiger partial charge in [-0.1, -0.05) is 42.5 Å². The summed E-state index contributed by atoms with van der Waals surface area (Å²) in [4.78, 5) is 0. The number of rotatable bonds is 1. The maximum absolute atomic E-state index is 5.72. The average Bonchev–Trinajstić information content (AvgIpc) is 2.73. The van der Waals surface area contributed by atoms with Crippen LogP contribution in [0.15, 0.2) is 48.6 Å². The maximum Gasteiger partial charge on any atom is 0.123 e. The van der Waals surface area contributed by atoms with Crippen molar-refractivity contribution in [3.8, 4) is 5.75 Å². The summed E-state index contributed by atoms with van der Waals surface area (Å²) >= 11 is 0. The highest BCUT2D eigenvalue weighted by Gasteiger charge is 2.26. The summed E-state index contributed by atoms with van der Waals surface area (Å²) < 4.78 is 5.72. The maximum atomic E-state index is 5.72. The van der Waals surface area contributed by atoms with Crippen LogP contribution in [0.1, 0.15) is 18.4 Å².